The summed E-state index contributed by atoms with van der Waals surface area (Å²) in [5.74, 6) is 2.65. The van der Waals surface area contributed by atoms with E-state index < -0.39 is 8.67 Å². The second kappa shape index (κ2) is 17.4. The van der Waals surface area contributed by atoms with Gasteiger partial charge in [-0.2, -0.15) is 0 Å². The predicted molar refractivity (Wildman–Crippen MR) is 176 cm³/mol. The lowest BCUT2D eigenvalue weighted by atomic mass is 9.87. The highest BCUT2D eigenvalue weighted by Crippen LogP contribution is 2.57. The first-order valence-corrected chi connectivity index (χ1v) is 18.6. The standard InChI is InChI=1S/2C17H28Cl2O2/c2*1-3-13(21-4-2)8-6-5-7-12-9-10-15-14(12)11-16(20)17(15,18)19/h2*12-15H,3-11H2,1-2H3. The molecule has 4 aliphatic carbocycles. The lowest BCUT2D eigenvalue weighted by Gasteiger charge is -2.21. The summed E-state index contributed by atoms with van der Waals surface area (Å²) in [7, 11) is 0. The number of hydrogen-bond donors (Lipinski definition) is 0. The number of hydrogen-bond acceptors (Lipinski definition) is 4. The van der Waals surface area contributed by atoms with Crippen molar-refractivity contribution in [2.75, 3.05) is 13.2 Å². The first-order chi connectivity index (χ1) is 20.0. The minimum Gasteiger partial charge on any atom is -0.379 e. The second-order valence-electron chi connectivity index (χ2n) is 13.3. The Kier molecular flexibility index (Phi) is 15.3. The van der Waals surface area contributed by atoms with E-state index in [1.807, 2.05) is 0 Å². The molecule has 8 unspecified atom stereocenters. The van der Waals surface area contributed by atoms with Crippen molar-refractivity contribution in [2.45, 2.75) is 151 Å². The molecule has 0 aliphatic heterocycles. The van der Waals surface area contributed by atoms with Crippen LogP contribution >= 0.6 is 46.4 Å². The van der Waals surface area contributed by atoms with Crippen LogP contribution in [0.2, 0.25) is 0 Å². The fraction of sp³-hybridized carbons (Fsp3) is 0.941. The monoisotopic (exact) mass is 668 g/mol. The number of rotatable bonds is 16. The third kappa shape index (κ3) is 9.25. The van der Waals surface area contributed by atoms with Gasteiger partial charge in [0, 0.05) is 37.9 Å². The number of unbranched alkanes of at least 4 members (excludes halogenated alkanes) is 2. The van der Waals surface area contributed by atoms with Crippen molar-refractivity contribution in [3.05, 3.63) is 0 Å². The number of alkyl halides is 4. The summed E-state index contributed by atoms with van der Waals surface area (Å²) < 4.78 is 9.20. The molecule has 0 amide bonds. The molecule has 8 heteroatoms. The number of halogens is 4. The Bertz CT molecular complexity index is 781. The van der Waals surface area contributed by atoms with E-state index in [1.165, 1.54) is 51.4 Å². The molecule has 4 saturated carbocycles. The van der Waals surface area contributed by atoms with E-state index in [0.717, 1.165) is 51.7 Å². The zero-order chi connectivity index (χ0) is 30.9. The van der Waals surface area contributed by atoms with Gasteiger partial charge in [-0.15, -0.1) is 0 Å². The van der Waals surface area contributed by atoms with Crippen LogP contribution in [0.3, 0.4) is 0 Å². The van der Waals surface area contributed by atoms with Crippen LogP contribution in [0.25, 0.3) is 0 Å². The average molecular weight is 671 g/mol. The number of ether oxygens (including phenoxy) is 2. The van der Waals surface area contributed by atoms with Crippen LogP contribution in [-0.4, -0.2) is 45.7 Å². The smallest absolute Gasteiger partial charge is 0.178 e. The van der Waals surface area contributed by atoms with Gasteiger partial charge in [0.15, 0.2) is 20.2 Å². The molecule has 4 rings (SSSR count). The first-order valence-electron chi connectivity index (χ1n) is 17.1. The quantitative estimate of drug-likeness (QED) is 0.121. The van der Waals surface area contributed by atoms with Gasteiger partial charge in [-0.3, -0.25) is 9.59 Å². The summed E-state index contributed by atoms with van der Waals surface area (Å²) in [5, 5.41) is 0. The SMILES string of the molecule is CCOC(CC)CCCCC1CCC2C1CC(=O)C2(Cl)Cl.CCOC(CC)CCCCC1CCC2C1CC(=O)C2(Cl)Cl. The van der Waals surface area contributed by atoms with Crippen molar-refractivity contribution in [3.63, 3.8) is 0 Å². The molecule has 0 aromatic rings. The Labute approximate surface area is 276 Å². The van der Waals surface area contributed by atoms with Crippen LogP contribution in [-0.2, 0) is 19.1 Å². The molecule has 0 radical (unpaired) electrons. The maximum atomic E-state index is 11.9. The molecule has 4 aliphatic rings. The van der Waals surface area contributed by atoms with Crippen LogP contribution < -0.4 is 0 Å². The first kappa shape index (κ1) is 36.9. The average Bonchev–Trinajstić information content (AvgIpc) is 3.67. The largest absolute Gasteiger partial charge is 0.379 e. The molecule has 4 fully saturated rings. The van der Waals surface area contributed by atoms with E-state index in [-0.39, 0.29) is 23.4 Å². The third-order valence-electron chi connectivity index (χ3n) is 10.9. The van der Waals surface area contributed by atoms with Gasteiger partial charge in [0.05, 0.1) is 12.2 Å². The second-order valence-corrected chi connectivity index (χ2v) is 16.0. The lowest BCUT2D eigenvalue weighted by Crippen LogP contribution is -2.26. The van der Waals surface area contributed by atoms with Gasteiger partial charge in [0.1, 0.15) is 0 Å². The topological polar surface area (TPSA) is 52.6 Å². The van der Waals surface area contributed by atoms with Gasteiger partial charge in [-0.05, 0) is 88.9 Å². The fourth-order valence-corrected chi connectivity index (χ4v) is 9.88. The Hall–Kier alpha value is 0.420. The minimum atomic E-state index is -1.10. The van der Waals surface area contributed by atoms with Gasteiger partial charge in [-0.25, -0.2) is 0 Å². The number of ketones is 2. The summed E-state index contributed by atoms with van der Waals surface area (Å²) in [5.41, 5.74) is 0. The summed E-state index contributed by atoms with van der Waals surface area (Å²) in [4.78, 5) is 23.8. The Balaban J connectivity index is 0.000000230. The van der Waals surface area contributed by atoms with Crippen molar-refractivity contribution >= 4 is 58.0 Å². The Morgan fingerprint density at radius 3 is 1.36 bits per heavy atom. The summed E-state index contributed by atoms with van der Waals surface area (Å²) >= 11 is 25.0. The molecular weight excluding hydrogens is 614 g/mol. The zero-order valence-electron chi connectivity index (χ0n) is 26.5. The van der Waals surface area contributed by atoms with E-state index >= 15 is 0 Å². The van der Waals surface area contributed by atoms with E-state index in [9.17, 15) is 9.59 Å². The molecule has 0 aromatic carbocycles. The normalized spacial score (nSPS) is 32.4. The van der Waals surface area contributed by atoms with Crippen LogP contribution in [0.4, 0.5) is 0 Å². The van der Waals surface area contributed by atoms with Crippen LogP contribution in [0.5, 0.6) is 0 Å². The number of carbonyl (C=O) groups excluding carboxylic acids is 2. The summed E-state index contributed by atoms with van der Waals surface area (Å²) in [6.45, 7) is 10.1. The van der Waals surface area contributed by atoms with E-state index in [0.29, 0.717) is 48.7 Å². The summed E-state index contributed by atoms with van der Waals surface area (Å²) in [6, 6.07) is 0. The van der Waals surface area contributed by atoms with Crippen molar-refractivity contribution in [3.8, 4) is 0 Å². The highest BCUT2D eigenvalue weighted by atomic mass is 35.5. The molecule has 0 aromatic heterocycles. The summed E-state index contributed by atoms with van der Waals surface area (Å²) in [6.07, 6.45) is 18.2. The Morgan fingerprint density at radius 2 is 1.02 bits per heavy atom. The molecule has 8 atom stereocenters. The maximum Gasteiger partial charge on any atom is 0.178 e. The number of Topliss-reactive ketones (excluding diaryl/α,β-unsaturated/α-hetero) is 2. The van der Waals surface area contributed by atoms with Gasteiger partial charge < -0.3 is 9.47 Å². The zero-order valence-corrected chi connectivity index (χ0v) is 29.5. The van der Waals surface area contributed by atoms with Gasteiger partial charge in [0.25, 0.3) is 0 Å². The molecule has 244 valence electrons. The number of carbonyl (C=O) groups is 2. The van der Waals surface area contributed by atoms with Gasteiger partial charge in [-0.1, -0.05) is 98.8 Å². The van der Waals surface area contributed by atoms with Crippen LogP contribution in [0.1, 0.15) is 130 Å². The molecule has 0 spiro atoms. The molecule has 0 bridgehead atoms. The van der Waals surface area contributed by atoms with Crippen molar-refractivity contribution in [1.82, 2.24) is 0 Å². The fourth-order valence-electron chi connectivity index (χ4n) is 8.49. The molecule has 42 heavy (non-hydrogen) atoms. The third-order valence-corrected chi connectivity index (χ3v) is 12.8. The molecule has 4 nitrogen and oxygen atoms in total. The van der Waals surface area contributed by atoms with E-state index in [2.05, 4.69) is 27.7 Å². The molecular formula is C34H56Cl4O4. The molecule has 0 N–H and O–H groups in total. The van der Waals surface area contributed by atoms with Crippen molar-refractivity contribution in [1.29, 1.82) is 0 Å². The Morgan fingerprint density at radius 1 is 0.643 bits per heavy atom. The van der Waals surface area contributed by atoms with E-state index in [1.54, 1.807) is 0 Å². The van der Waals surface area contributed by atoms with Crippen LogP contribution in [0, 0.1) is 35.5 Å². The van der Waals surface area contributed by atoms with Gasteiger partial charge >= 0.3 is 0 Å². The minimum absolute atomic E-state index is 0.0490. The maximum absolute atomic E-state index is 11.9. The molecule has 0 heterocycles. The highest BCUT2D eigenvalue weighted by Gasteiger charge is 2.58. The molecule has 0 saturated heterocycles. The highest BCUT2D eigenvalue weighted by molar-refractivity contribution is 6.59. The van der Waals surface area contributed by atoms with Crippen molar-refractivity contribution < 1.29 is 19.1 Å². The van der Waals surface area contributed by atoms with Crippen LogP contribution in [0.15, 0.2) is 0 Å². The van der Waals surface area contributed by atoms with Crippen molar-refractivity contribution in [2.24, 2.45) is 35.5 Å². The predicted octanol–water partition coefficient (Wildman–Crippen LogP) is 10.3. The van der Waals surface area contributed by atoms with E-state index in [4.69, 9.17) is 55.9 Å². The number of fused-ring (bicyclic) bond motifs is 2. The van der Waals surface area contributed by atoms with Gasteiger partial charge in [0.2, 0.25) is 0 Å². The lowest BCUT2D eigenvalue weighted by molar-refractivity contribution is -0.119.